The van der Waals surface area contributed by atoms with Crippen molar-refractivity contribution in [3.8, 4) is 11.5 Å². The summed E-state index contributed by atoms with van der Waals surface area (Å²) < 4.78 is 85.5. The third-order valence-electron chi connectivity index (χ3n) is 5.44. The molecule has 5 atom stereocenters. The predicted octanol–water partition coefficient (Wildman–Crippen LogP) is 1.50. The highest BCUT2D eigenvalue weighted by Gasteiger charge is 2.64. The predicted molar refractivity (Wildman–Crippen MR) is 82.5 cm³/mol. The maximum atomic E-state index is 9.47. The zero-order valence-electron chi connectivity index (χ0n) is 21.0. The van der Waals surface area contributed by atoms with E-state index in [1.54, 1.807) is 0 Å². The third-order valence-corrected chi connectivity index (χ3v) is 5.44. The highest BCUT2D eigenvalue weighted by molar-refractivity contribution is 5.62. The van der Waals surface area contributed by atoms with Crippen molar-refractivity contribution in [2.24, 2.45) is 5.89 Å². The smallest absolute Gasteiger partial charge is 0.211 e. The van der Waals surface area contributed by atoms with Crippen LogP contribution in [0.2, 0.25) is 0 Å². The van der Waals surface area contributed by atoms with Gasteiger partial charge in [0, 0.05) is 24.3 Å². The average Bonchev–Trinajstić information content (AvgIpc) is 2.96. The van der Waals surface area contributed by atoms with Crippen molar-refractivity contribution in [3.63, 3.8) is 0 Å². The summed E-state index contributed by atoms with van der Waals surface area (Å²) in [6.07, 6.45) is -1.60. The Kier molecular flexibility index (Phi) is 1.28. The van der Waals surface area contributed by atoms with E-state index >= 15 is 0 Å². The number of likely N-dealkylation sites (tertiary alicyclic amines) is 1. The largest absolute Gasteiger partial charge is 0.493 e. The number of hydrogen-bond acceptors (Lipinski definition) is 4. The van der Waals surface area contributed by atoms with E-state index in [1.165, 1.54) is 12.2 Å². The topological polar surface area (TPSA) is 41.9 Å². The van der Waals surface area contributed by atoms with Gasteiger partial charge < -0.3 is 19.5 Å². The standard InChI is InChI=1S/C18H21NO3/c1-19-8-7-18-11-4-5-13(20)17(18)22-16-14(21-2)6-3-10(15(16)18)9-12(11)19/h3-6,11-13,17,20H,7-9H2,1-2H3/t11-,12+,13?,17?,18-/m0/s1/i2D3,3D,6D,11D,13D,17D,20D. The Balaban J connectivity index is 1.92. The molecule has 1 aromatic rings. The summed E-state index contributed by atoms with van der Waals surface area (Å²) in [5, 5.41) is 4.67. The maximum Gasteiger partial charge on any atom is 0.211 e. The first-order valence-electron chi connectivity index (χ1n) is 11.8. The molecule has 2 aliphatic carbocycles. The maximum absolute atomic E-state index is 9.47. The molecule has 1 aromatic carbocycles. The molecule has 1 fully saturated rings. The van der Waals surface area contributed by atoms with E-state index in [9.17, 15) is 2.74 Å². The second-order valence-electron chi connectivity index (χ2n) is 6.30. The number of ether oxygens (including phenoxy) is 2. The van der Waals surface area contributed by atoms with Gasteiger partial charge in [-0.1, -0.05) is 18.2 Å². The number of likely N-dealkylation sites (N-methyl/N-ethyl adjacent to an activating group) is 1. The van der Waals surface area contributed by atoms with Crippen LogP contribution in [0.5, 0.6) is 11.5 Å². The fraction of sp³-hybridized carbons (Fsp3) is 0.556. The molecule has 4 nitrogen and oxygen atoms in total. The summed E-state index contributed by atoms with van der Waals surface area (Å²) in [4.78, 5) is 1.96. The Bertz CT molecular complexity index is 1030. The molecule has 116 valence electrons. The van der Waals surface area contributed by atoms with Gasteiger partial charge in [-0.15, -0.1) is 0 Å². The zero-order valence-corrected chi connectivity index (χ0v) is 12.0. The van der Waals surface area contributed by atoms with Crippen LogP contribution in [0.3, 0.4) is 0 Å². The van der Waals surface area contributed by atoms with Crippen molar-refractivity contribution in [1.29, 1.82) is 1.43 Å². The first-order valence-corrected chi connectivity index (χ1v) is 7.36. The van der Waals surface area contributed by atoms with Gasteiger partial charge >= 0.3 is 0 Å². The van der Waals surface area contributed by atoms with Crippen LogP contribution in [-0.4, -0.2) is 50.3 Å². The Morgan fingerprint density at radius 2 is 2.55 bits per heavy atom. The summed E-state index contributed by atoms with van der Waals surface area (Å²) in [6, 6.07) is -1.21. The molecule has 5 rings (SSSR count). The van der Waals surface area contributed by atoms with Crippen LogP contribution < -0.4 is 9.47 Å². The van der Waals surface area contributed by atoms with Gasteiger partial charge in [0.25, 0.3) is 0 Å². The Morgan fingerprint density at radius 1 is 1.59 bits per heavy atom. The molecule has 0 aromatic heterocycles. The summed E-state index contributed by atoms with van der Waals surface area (Å²) in [5.74, 6) is -2.18. The zero-order chi connectivity index (χ0) is 22.8. The number of hydrogen-bond donors (Lipinski definition) is 1. The molecule has 2 bridgehead atoms. The number of benzene rings is 1. The van der Waals surface area contributed by atoms with Crippen molar-refractivity contribution < 1.29 is 25.5 Å². The molecular weight excluding hydrogens is 278 g/mol. The lowest BCUT2D eigenvalue weighted by molar-refractivity contribution is -0.0453. The van der Waals surface area contributed by atoms with Gasteiger partial charge in [0.1, 0.15) is 12.2 Å². The second-order valence-corrected chi connectivity index (χ2v) is 6.30. The van der Waals surface area contributed by atoms with Crippen molar-refractivity contribution in [2.45, 2.75) is 36.5 Å². The van der Waals surface area contributed by atoms with E-state index in [-0.39, 0.29) is 30.2 Å². The van der Waals surface area contributed by atoms with E-state index < -0.39 is 48.3 Å². The monoisotopic (exact) mass is 308 g/mol. The molecular formula is C18H21NO3. The van der Waals surface area contributed by atoms with Gasteiger partial charge in [-0.25, -0.2) is 0 Å². The molecule has 4 aliphatic rings. The van der Waals surface area contributed by atoms with Crippen molar-refractivity contribution in [1.82, 2.24) is 4.90 Å². The van der Waals surface area contributed by atoms with Crippen molar-refractivity contribution >= 4 is 0 Å². The lowest BCUT2D eigenvalue weighted by Crippen LogP contribution is -2.64. The molecule has 1 saturated heterocycles. The minimum absolute atomic E-state index is 0.186. The molecule has 4 heteroatoms. The molecule has 0 amide bonds. The molecule has 22 heavy (non-hydrogen) atoms. The average molecular weight is 308 g/mol. The van der Waals surface area contributed by atoms with Crippen LogP contribution in [-0.2, 0) is 11.8 Å². The molecule has 0 radical (unpaired) electrons. The summed E-state index contributed by atoms with van der Waals surface area (Å²) in [5.41, 5.74) is -0.872. The van der Waals surface area contributed by atoms with Gasteiger partial charge in [-0.2, -0.15) is 0 Å². The third kappa shape index (κ3) is 1.28. The normalized spacial score (nSPS) is 57.5. The number of piperidine rings is 1. The summed E-state index contributed by atoms with van der Waals surface area (Å²) in [6.45, 7) is 0.460. The highest BCUT2D eigenvalue weighted by atomic mass is 16.5. The van der Waals surface area contributed by atoms with Crippen LogP contribution in [0.15, 0.2) is 24.2 Å². The molecule has 1 spiro atoms. The number of nitrogens with zero attached hydrogens (tertiary/aromatic N) is 1. The first kappa shape index (κ1) is 6.93. The Labute approximate surface area is 143 Å². The van der Waals surface area contributed by atoms with E-state index in [4.69, 9.17) is 19.1 Å². The minimum Gasteiger partial charge on any atom is -0.493 e. The van der Waals surface area contributed by atoms with Crippen LogP contribution in [0.25, 0.3) is 0 Å². The van der Waals surface area contributed by atoms with Crippen LogP contribution in [0.1, 0.15) is 28.5 Å². The van der Waals surface area contributed by atoms with Gasteiger partial charge in [0.2, 0.25) is 1.43 Å². The molecule has 1 N–H and O–H groups in total. The summed E-state index contributed by atoms with van der Waals surface area (Å²) >= 11 is 0. The van der Waals surface area contributed by atoms with Gasteiger partial charge in [0.05, 0.1) is 16.6 Å². The number of aliphatic hydroxyl groups is 1. The van der Waals surface area contributed by atoms with Crippen LogP contribution in [0.4, 0.5) is 0 Å². The van der Waals surface area contributed by atoms with Gasteiger partial charge in [0.15, 0.2) is 11.5 Å². The second kappa shape index (κ2) is 4.06. The Hall–Kier alpha value is -1.52. The number of rotatable bonds is 2. The Morgan fingerprint density at radius 3 is 3.41 bits per heavy atom. The molecule has 2 aliphatic heterocycles. The molecule has 2 heterocycles. The fourth-order valence-electron chi connectivity index (χ4n) is 4.47. The van der Waals surface area contributed by atoms with Crippen molar-refractivity contribution in [3.05, 3.63) is 35.4 Å². The first-order chi connectivity index (χ1) is 14.3. The SMILES string of the molecule is [2H]OC1([2H])C=C[C@@]2([2H])[C@H]3Cc4c([2H])c([2H])c(OC([2H])([2H])[2H])c5c4[C@@]2(CCN3C)C1([2H])O5. The molecule has 0 saturated carbocycles. The summed E-state index contributed by atoms with van der Waals surface area (Å²) in [7, 11) is -1.10. The molecule has 2 unspecified atom stereocenters. The van der Waals surface area contributed by atoms with Crippen molar-refractivity contribution in [2.75, 3.05) is 20.6 Å². The highest BCUT2D eigenvalue weighted by Crippen LogP contribution is 2.62. The van der Waals surface area contributed by atoms with E-state index in [2.05, 4.69) is 5.11 Å². The lowest BCUT2D eigenvalue weighted by Gasteiger charge is -2.56. The van der Waals surface area contributed by atoms with E-state index in [0.717, 1.165) is 0 Å². The van der Waals surface area contributed by atoms with E-state index in [1.807, 2.05) is 11.9 Å². The van der Waals surface area contributed by atoms with Crippen LogP contribution >= 0.6 is 0 Å². The quantitative estimate of drug-likeness (QED) is 0.841. The lowest BCUT2D eigenvalue weighted by atomic mass is 9.53. The fourth-order valence-corrected chi connectivity index (χ4v) is 4.47. The van der Waals surface area contributed by atoms with Crippen LogP contribution in [0, 0.1) is 5.89 Å². The van der Waals surface area contributed by atoms with Gasteiger partial charge in [-0.3, -0.25) is 0 Å². The van der Waals surface area contributed by atoms with Gasteiger partial charge in [-0.05, 0) is 38.0 Å². The van der Waals surface area contributed by atoms with E-state index in [0.29, 0.717) is 12.1 Å². The minimum atomic E-state index is -2.94. The number of methoxy groups -OCH3 is 1.